The van der Waals surface area contributed by atoms with Gasteiger partial charge in [-0.25, -0.2) is 0 Å². The van der Waals surface area contributed by atoms with Gasteiger partial charge in [0.15, 0.2) is 0 Å². The summed E-state index contributed by atoms with van der Waals surface area (Å²) in [6.45, 7) is 16.6. The molecule has 6 aromatic rings. The molecule has 220 valence electrons. The largest absolute Gasteiger partial charge is 0.184 e. The second-order valence-electron chi connectivity index (χ2n) is 11.4. The third-order valence-electron chi connectivity index (χ3n) is 6.18. The van der Waals surface area contributed by atoms with Crippen LogP contribution in [-0.2, 0) is 34.2 Å². The first-order valence-corrected chi connectivity index (χ1v) is 17.7. The fraction of sp³-hybridized carbons (Fsp3) is 0.211. The van der Waals surface area contributed by atoms with Crippen molar-refractivity contribution in [1.82, 2.24) is 0 Å². The van der Waals surface area contributed by atoms with Crippen LogP contribution in [0.1, 0.15) is 52.7 Å². The average Bonchev–Trinajstić information content (AvgIpc) is 3.62. The van der Waals surface area contributed by atoms with E-state index in [9.17, 15) is 0 Å². The molecule has 0 atom stereocenters. The number of benzene rings is 4. The molecule has 0 nitrogen and oxygen atoms in total. The SMILES string of the molecule is CC(C)(C)c1cc2ccccc2[cH-]1.CC(C)(C)c1cc2ccccc2[cH-]1.Cl.Cl.[Si]=[Zr].[c-]1ccccc1.[c-]1ccccc1. The maximum absolute atomic E-state index is 3.06. The monoisotopic (exact) mass is 686 g/mol. The number of halogens is 2. The molecule has 0 aliphatic carbocycles. The van der Waals surface area contributed by atoms with Gasteiger partial charge in [-0.2, -0.15) is 84.9 Å². The van der Waals surface area contributed by atoms with Crippen molar-refractivity contribution in [1.29, 1.82) is 0 Å². The maximum atomic E-state index is 3.06. The summed E-state index contributed by atoms with van der Waals surface area (Å²) in [7, 11) is 0. The van der Waals surface area contributed by atoms with Crippen LogP contribution in [0.2, 0.25) is 0 Å². The first-order valence-electron chi connectivity index (χ1n) is 13.5. The molecule has 0 bridgehead atoms. The molecule has 0 amide bonds. The van der Waals surface area contributed by atoms with Gasteiger partial charge in [0.1, 0.15) is 0 Å². The minimum Gasteiger partial charge on any atom is -0.184 e. The van der Waals surface area contributed by atoms with Gasteiger partial charge in [-0.3, -0.25) is 0 Å². The molecular weight excluding hydrogens is 647 g/mol. The van der Waals surface area contributed by atoms with Crippen molar-refractivity contribution >= 4 is 53.2 Å². The molecule has 0 aliphatic heterocycles. The molecule has 0 aromatic heterocycles. The first kappa shape index (κ1) is 39.8. The minimum atomic E-state index is 0. The predicted molar refractivity (Wildman–Crippen MR) is 187 cm³/mol. The van der Waals surface area contributed by atoms with Gasteiger partial charge in [-0.15, -0.1) is 106 Å². The van der Waals surface area contributed by atoms with Crippen molar-refractivity contribution in [2.45, 2.75) is 52.4 Å². The molecule has 4 heteroatoms. The molecule has 0 saturated heterocycles. The summed E-state index contributed by atoms with van der Waals surface area (Å²) in [5.41, 5.74) is 3.38. The third-order valence-corrected chi connectivity index (χ3v) is 6.18. The van der Waals surface area contributed by atoms with Crippen LogP contribution in [0.4, 0.5) is 0 Å². The normalized spacial score (nSPS) is 9.93. The smallest absolute Gasteiger partial charge is 0.171 e. The van der Waals surface area contributed by atoms with Gasteiger partial charge in [-0.1, -0.05) is 53.7 Å². The second kappa shape index (κ2) is 20.6. The van der Waals surface area contributed by atoms with Crippen molar-refractivity contribution in [2.75, 3.05) is 0 Å². The molecule has 0 spiro atoms. The molecule has 2 radical (unpaired) electrons. The number of hydrogen-bond acceptors (Lipinski definition) is 0. The van der Waals surface area contributed by atoms with E-state index < -0.39 is 0 Å². The van der Waals surface area contributed by atoms with Crippen molar-refractivity contribution in [2.24, 2.45) is 0 Å². The average molecular weight is 689 g/mol. The quantitative estimate of drug-likeness (QED) is 0.110. The fourth-order valence-electron chi connectivity index (χ4n) is 3.85. The number of hydrogen-bond donors (Lipinski definition) is 0. The van der Waals surface area contributed by atoms with Crippen LogP contribution in [0.15, 0.2) is 133 Å². The first-order chi connectivity index (χ1) is 19.1. The fourth-order valence-corrected chi connectivity index (χ4v) is 3.85. The van der Waals surface area contributed by atoms with Crippen LogP contribution in [0.5, 0.6) is 0 Å². The van der Waals surface area contributed by atoms with Gasteiger partial charge in [0, 0.05) is 0 Å². The molecule has 0 N–H and O–H groups in total. The molecule has 0 heterocycles. The van der Waals surface area contributed by atoms with Gasteiger partial charge in [0.25, 0.3) is 0 Å². The maximum Gasteiger partial charge on any atom is -0.171 e. The van der Waals surface area contributed by atoms with Crippen LogP contribution >= 0.6 is 24.8 Å². The van der Waals surface area contributed by atoms with Crippen molar-refractivity contribution in [3.63, 3.8) is 0 Å². The number of fused-ring (bicyclic) bond motifs is 2. The zero-order valence-corrected chi connectivity index (χ0v) is 30.6. The Balaban J connectivity index is 0.000000543. The summed E-state index contributed by atoms with van der Waals surface area (Å²) in [5.74, 6) is 0. The van der Waals surface area contributed by atoms with Crippen LogP contribution in [-0.4, -0.2) is 6.88 Å². The summed E-state index contributed by atoms with van der Waals surface area (Å²) >= 11 is 1.36. The summed E-state index contributed by atoms with van der Waals surface area (Å²) in [5, 5.41) is 5.42. The van der Waals surface area contributed by atoms with E-state index >= 15 is 0 Å². The molecule has 0 unspecified atom stereocenters. The third kappa shape index (κ3) is 14.3. The van der Waals surface area contributed by atoms with Crippen LogP contribution in [0.3, 0.4) is 0 Å². The second-order valence-corrected chi connectivity index (χ2v) is 11.4. The molecule has 0 fully saturated rings. The Morgan fingerprint density at radius 1 is 0.500 bits per heavy atom. The van der Waals surface area contributed by atoms with E-state index in [1.54, 1.807) is 0 Å². The Bertz CT molecular complexity index is 1260. The number of rotatable bonds is 0. The molecular formula is C38H42Cl2SiZr-4. The van der Waals surface area contributed by atoms with Crippen LogP contribution in [0, 0.1) is 12.1 Å². The zero-order valence-electron chi connectivity index (χ0n) is 25.5. The molecule has 0 saturated carbocycles. The van der Waals surface area contributed by atoms with Gasteiger partial charge < -0.3 is 0 Å². The molecule has 6 aromatic carbocycles. The van der Waals surface area contributed by atoms with Gasteiger partial charge in [-0.05, 0) is 10.8 Å². The van der Waals surface area contributed by atoms with Crippen molar-refractivity contribution < 1.29 is 23.3 Å². The van der Waals surface area contributed by atoms with Gasteiger partial charge in [0.05, 0.1) is 0 Å². The summed E-state index contributed by atoms with van der Waals surface area (Å²) in [4.78, 5) is 0. The van der Waals surface area contributed by atoms with E-state index in [-0.39, 0.29) is 35.6 Å². The molecule has 42 heavy (non-hydrogen) atoms. The summed E-state index contributed by atoms with van der Waals surface area (Å²) < 4.78 is 0. The predicted octanol–water partition coefficient (Wildman–Crippen LogP) is 11.1. The Hall–Kier alpha value is -2.22. The van der Waals surface area contributed by atoms with Crippen LogP contribution < -0.4 is 0 Å². The zero-order chi connectivity index (χ0) is 29.4. The topological polar surface area (TPSA) is 0 Å². The Morgan fingerprint density at radius 3 is 1.02 bits per heavy atom. The van der Waals surface area contributed by atoms with Crippen LogP contribution in [0.25, 0.3) is 21.5 Å². The van der Waals surface area contributed by atoms with Crippen molar-refractivity contribution in [3.05, 3.63) is 157 Å². The Morgan fingerprint density at radius 2 is 0.810 bits per heavy atom. The van der Waals surface area contributed by atoms with E-state index in [2.05, 4.69) is 133 Å². The van der Waals surface area contributed by atoms with Crippen molar-refractivity contribution in [3.8, 4) is 0 Å². The Kier molecular flexibility index (Phi) is 19.6. The molecule has 0 aliphatic rings. The van der Waals surface area contributed by atoms with E-state index in [0.29, 0.717) is 0 Å². The van der Waals surface area contributed by atoms with E-state index in [0.717, 1.165) is 0 Å². The summed E-state index contributed by atoms with van der Waals surface area (Å²) in [6, 6.07) is 51.2. The van der Waals surface area contributed by atoms with E-state index in [4.69, 9.17) is 0 Å². The van der Waals surface area contributed by atoms with Gasteiger partial charge in [0.2, 0.25) is 0 Å². The Labute approximate surface area is 283 Å². The van der Waals surface area contributed by atoms with Gasteiger partial charge >= 0.3 is 30.2 Å². The summed E-state index contributed by atoms with van der Waals surface area (Å²) in [6.07, 6.45) is 0. The minimum absolute atomic E-state index is 0. The van der Waals surface area contributed by atoms with E-state index in [1.165, 1.54) is 56.0 Å². The molecule has 6 rings (SSSR count). The standard InChI is InChI=1S/2C13H15.2C6H5.2ClH.Si.Zr/c2*1-13(2,3)12-8-10-6-4-5-7-11(10)9-12;2*1-2-4-6-5-3-1;;;;/h2*4-9H,1-3H3;2*1-5H;2*1H;;/q4*-1;;;;. The van der Waals surface area contributed by atoms with E-state index in [1.807, 2.05) is 60.7 Å².